The zero-order valence-corrected chi connectivity index (χ0v) is 27.8. The summed E-state index contributed by atoms with van der Waals surface area (Å²) >= 11 is 8.19. The number of aromatic nitrogens is 1. The van der Waals surface area contributed by atoms with Crippen LogP contribution >= 0.6 is 34.2 Å². The summed E-state index contributed by atoms with van der Waals surface area (Å²) in [5, 5.41) is 4.88. The van der Waals surface area contributed by atoms with Crippen molar-refractivity contribution in [2.24, 2.45) is 5.10 Å². The van der Waals surface area contributed by atoms with E-state index in [-0.39, 0.29) is 5.91 Å². The molecule has 0 atom stereocenters. The molecule has 6 nitrogen and oxygen atoms in total. The first-order valence-electron chi connectivity index (χ1n) is 14.5. The van der Waals surface area contributed by atoms with E-state index in [4.69, 9.17) is 21.1 Å². The molecule has 0 fully saturated rings. The van der Waals surface area contributed by atoms with Crippen molar-refractivity contribution >= 4 is 46.3 Å². The molecule has 0 radical (unpaired) electrons. The Kier molecular flexibility index (Phi) is 9.81. The molecule has 0 saturated heterocycles. The molecule has 5 aromatic carbocycles. The fourth-order valence-corrected chi connectivity index (χ4v) is 5.97. The SMILES string of the molecule is COc1cc(/C=N\NC(=O)c2ccc(-n3c(-c4ccccc4)ccc3-c3ccccc3)cc2)cc(I)c1OCc1ccc(Cl)cc1. The van der Waals surface area contributed by atoms with Crippen LogP contribution in [0, 0.1) is 3.57 Å². The van der Waals surface area contributed by atoms with Gasteiger partial charge in [0, 0.05) is 16.3 Å². The maximum Gasteiger partial charge on any atom is 0.271 e. The zero-order chi connectivity index (χ0) is 31.9. The van der Waals surface area contributed by atoms with Gasteiger partial charge in [-0.05, 0) is 106 Å². The van der Waals surface area contributed by atoms with Crippen LogP contribution in [0.4, 0.5) is 0 Å². The first kappa shape index (κ1) is 31.1. The molecule has 0 aliphatic heterocycles. The van der Waals surface area contributed by atoms with Crippen LogP contribution in [-0.4, -0.2) is 23.8 Å². The van der Waals surface area contributed by atoms with E-state index in [1.165, 1.54) is 0 Å². The molecule has 1 aromatic heterocycles. The highest BCUT2D eigenvalue weighted by atomic mass is 127. The highest BCUT2D eigenvalue weighted by Gasteiger charge is 2.15. The van der Waals surface area contributed by atoms with Crippen molar-refractivity contribution in [1.82, 2.24) is 9.99 Å². The molecule has 1 amide bonds. The monoisotopic (exact) mass is 737 g/mol. The van der Waals surface area contributed by atoms with E-state index in [2.05, 4.69) is 74.1 Å². The molecule has 0 bridgehead atoms. The van der Waals surface area contributed by atoms with Gasteiger partial charge in [-0.3, -0.25) is 4.79 Å². The Balaban J connectivity index is 1.17. The minimum Gasteiger partial charge on any atom is -0.493 e. The van der Waals surface area contributed by atoms with Crippen molar-refractivity contribution < 1.29 is 14.3 Å². The van der Waals surface area contributed by atoms with E-state index < -0.39 is 0 Å². The predicted molar refractivity (Wildman–Crippen MR) is 193 cm³/mol. The van der Waals surface area contributed by atoms with Gasteiger partial charge >= 0.3 is 0 Å². The molecular formula is C38H29ClIN3O3. The smallest absolute Gasteiger partial charge is 0.271 e. The molecule has 1 N–H and O–H groups in total. The van der Waals surface area contributed by atoms with E-state index in [9.17, 15) is 4.79 Å². The molecule has 0 aliphatic rings. The second-order valence-electron chi connectivity index (χ2n) is 10.4. The van der Waals surface area contributed by atoms with Crippen molar-refractivity contribution in [2.45, 2.75) is 6.61 Å². The fourth-order valence-electron chi connectivity index (χ4n) is 5.07. The zero-order valence-electron chi connectivity index (χ0n) is 24.9. The highest BCUT2D eigenvalue weighted by molar-refractivity contribution is 14.1. The lowest BCUT2D eigenvalue weighted by Crippen LogP contribution is -2.17. The van der Waals surface area contributed by atoms with E-state index in [0.717, 1.165) is 42.9 Å². The molecule has 0 unspecified atom stereocenters. The standard InChI is InChI=1S/C38H29ClIN3O3/c1-45-36-23-27(22-33(40)37(36)46-25-26-12-16-31(39)17-13-26)24-41-42-38(44)30-14-18-32(19-15-30)43-34(28-8-4-2-5-9-28)20-21-35(43)29-10-6-3-7-11-29/h2-24H,25H2,1H3,(H,42,44)/b41-24-. The number of hydrogen-bond donors (Lipinski definition) is 1. The van der Waals surface area contributed by atoms with Crippen LogP contribution in [0.3, 0.4) is 0 Å². The summed E-state index contributed by atoms with van der Waals surface area (Å²) in [7, 11) is 1.59. The maximum atomic E-state index is 13.0. The van der Waals surface area contributed by atoms with Crippen molar-refractivity contribution in [3.63, 3.8) is 0 Å². The quantitative estimate of drug-likeness (QED) is 0.0866. The number of benzene rings is 5. The normalized spacial score (nSPS) is 11.0. The summed E-state index contributed by atoms with van der Waals surface area (Å²) in [4.78, 5) is 13.0. The van der Waals surface area contributed by atoms with Gasteiger partial charge in [0.05, 0.1) is 28.3 Å². The van der Waals surface area contributed by atoms with Gasteiger partial charge in [0.25, 0.3) is 5.91 Å². The minimum absolute atomic E-state index is 0.313. The van der Waals surface area contributed by atoms with Gasteiger partial charge in [-0.1, -0.05) is 84.4 Å². The number of carbonyl (C=O) groups excluding carboxylic acids is 1. The Hall–Kier alpha value is -4.86. The largest absolute Gasteiger partial charge is 0.493 e. The Morgan fingerprint density at radius 3 is 2.02 bits per heavy atom. The summed E-state index contributed by atoms with van der Waals surface area (Å²) in [6, 6.07) is 43.5. The average Bonchev–Trinajstić information content (AvgIpc) is 3.54. The van der Waals surface area contributed by atoms with Gasteiger partial charge < -0.3 is 14.0 Å². The van der Waals surface area contributed by atoms with E-state index >= 15 is 0 Å². The number of rotatable bonds is 10. The van der Waals surface area contributed by atoms with Crippen LogP contribution in [0.1, 0.15) is 21.5 Å². The maximum absolute atomic E-state index is 13.0. The molecule has 1 heterocycles. The van der Waals surface area contributed by atoms with Gasteiger partial charge in [-0.15, -0.1) is 0 Å². The molecule has 0 saturated carbocycles. The first-order chi connectivity index (χ1) is 22.5. The molecule has 0 aliphatic carbocycles. The third-order valence-electron chi connectivity index (χ3n) is 7.34. The molecule has 0 spiro atoms. The van der Waals surface area contributed by atoms with Crippen LogP contribution in [0.15, 0.2) is 139 Å². The first-order valence-corrected chi connectivity index (χ1v) is 16.0. The lowest BCUT2D eigenvalue weighted by molar-refractivity contribution is 0.0955. The van der Waals surface area contributed by atoms with Crippen molar-refractivity contribution in [2.75, 3.05) is 7.11 Å². The second-order valence-corrected chi connectivity index (χ2v) is 12.0. The van der Waals surface area contributed by atoms with Crippen molar-refractivity contribution in [1.29, 1.82) is 0 Å². The fraction of sp³-hybridized carbons (Fsp3) is 0.0526. The lowest BCUT2D eigenvalue weighted by Gasteiger charge is -2.15. The number of hydrogen-bond acceptors (Lipinski definition) is 4. The number of carbonyl (C=O) groups is 1. The molecule has 228 valence electrons. The number of amides is 1. The highest BCUT2D eigenvalue weighted by Crippen LogP contribution is 2.35. The minimum atomic E-state index is -0.313. The second kappa shape index (κ2) is 14.5. The Morgan fingerprint density at radius 2 is 1.43 bits per heavy atom. The molecular weight excluding hydrogens is 709 g/mol. The summed E-state index contributed by atoms with van der Waals surface area (Å²) in [6.45, 7) is 0.372. The van der Waals surface area contributed by atoms with E-state index in [1.807, 2.05) is 97.1 Å². The van der Waals surface area contributed by atoms with Gasteiger partial charge in [0.15, 0.2) is 11.5 Å². The summed E-state index contributed by atoms with van der Waals surface area (Å²) < 4.78 is 14.7. The average molecular weight is 738 g/mol. The molecule has 6 aromatic rings. The predicted octanol–water partition coefficient (Wildman–Crippen LogP) is 9.42. The van der Waals surface area contributed by atoms with E-state index in [1.54, 1.807) is 13.3 Å². The van der Waals surface area contributed by atoms with Gasteiger partial charge in [0.2, 0.25) is 0 Å². The number of nitrogens with zero attached hydrogens (tertiary/aromatic N) is 2. The van der Waals surface area contributed by atoms with Crippen LogP contribution in [-0.2, 0) is 6.61 Å². The number of ether oxygens (including phenoxy) is 2. The summed E-state index contributed by atoms with van der Waals surface area (Å²) in [6.07, 6.45) is 1.58. The molecule has 46 heavy (non-hydrogen) atoms. The van der Waals surface area contributed by atoms with Gasteiger partial charge in [0.1, 0.15) is 6.61 Å². The Morgan fingerprint density at radius 1 is 0.826 bits per heavy atom. The Bertz CT molecular complexity index is 1920. The number of hydrazone groups is 1. The third-order valence-corrected chi connectivity index (χ3v) is 8.39. The van der Waals surface area contributed by atoms with Crippen LogP contribution in [0.2, 0.25) is 5.02 Å². The van der Waals surface area contributed by atoms with Crippen molar-refractivity contribution in [3.8, 4) is 39.7 Å². The van der Waals surface area contributed by atoms with Crippen LogP contribution < -0.4 is 14.9 Å². The Labute approximate surface area is 286 Å². The summed E-state index contributed by atoms with van der Waals surface area (Å²) in [5.41, 5.74) is 10.2. The van der Waals surface area contributed by atoms with Crippen molar-refractivity contribution in [3.05, 3.63) is 159 Å². The topological polar surface area (TPSA) is 64.8 Å². The van der Waals surface area contributed by atoms with Gasteiger partial charge in [-0.25, -0.2) is 5.43 Å². The van der Waals surface area contributed by atoms with Gasteiger partial charge in [-0.2, -0.15) is 5.10 Å². The molecule has 6 rings (SSSR count). The number of methoxy groups -OCH3 is 1. The lowest BCUT2D eigenvalue weighted by atomic mass is 10.1. The summed E-state index contributed by atoms with van der Waals surface area (Å²) in [5.74, 6) is 0.887. The van der Waals surface area contributed by atoms with Crippen LogP contribution in [0.25, 0.3) is 28.2 Å². The third kappa shape index (κ3) is 7.17. The van der Waals surface area contributed by atoms with E-state index in [0.29, 0.717) is 28.7 Å². The number of halogens is 2. The van der Waals surface area contributed by atoms with Crippen LogP contribution in [0.5, 0.6) is 11.5 Å². The number of nitrogens with one attached hydrogen (secondary N) is 1. The molecule has 8 heteroatoms.